The van der Waals surface area contributed by atoms with Crippen LogP contribution in [0.4, 0.5) is 10.5 Å². The van der Waals surface area contributed by atoms with Gasteiger partial charge in [-0.1, -0.05) is 24.3 Å². The highest BCUT2D eigenvalue weighted by Crippen LogP contribution is 2.51. The van der Waals surface area contributed by atoms with Crippen LogP contribution < -0.4 is 9.04 Å². The van der Waals surface area contributed by atoms with E-state index in [4.69, 9.17) is 9.47 Å². The van der Waals surface area contributed by atoms with Crippen LogP contribution in [0.1, 0.15) is 29.5 Å². The number of benzene rings is 2. The Morgan fingerprint density at radius 2 is 1.63 bits per heavy atom. The van der Waals surface area contributed by atoms with Crippen LogP contribution in [-0.2, 0) is 32.2 Å². The zero-order valence-electron chi connectivity index (χ0n) is 26.3. The molecule has 0 N–H and O–H groups in total. The summed E-state index contributed by atoms with van der Waals surface area (Å²) in [6.45, 7) is 6.16. The molecule has 250 valence electrons. The zero-order valence-corrected chi connectivity index (χ0v) is 28.7. The molecule has 0 aliphatic carbocycles. The van der Waals surface area contributed by atoms with Crippen molar-refractivity contribution in [3.8, 4) is 5.75 Å². The molecule has 2 aromatic carbocycles. The van der Waals surface area contributed by atoms with E-state index < -0.39 is 27.6 Å². The Hall–Kier alpha value is -3.36. The number of fused-ring (bicyclic) bond motifs is 1. The number of aromatic nitrogens is 2. The number of rotatable bonds is 6. The molecule has 6 rings (SSSR count). The van der Waals surface area contributed by atoms with Gasteiger partial charge in [0.25, 0.3) is 15.9 Å². The summed E-state index contributed by atoms with van der Waals surface area (Å²) in [5.74, 6) is -0.534. The number of methoxy groups -OCH3 is 1. The molecule has 2 fully saturated rings. The number of aryl methyl sites for hydroxylation is 2. The molecule has 0 spiro atoms. The minimum absolute atomic E-state index is 0. The third-order valence-corrected chi connectivity index (χ3v) is 10.6. The summed E-state index contributed by atoms with van der Waals surface area (Å²) in [5, 5.41) is -0.299. The summed E-state index contributed by atoms with van der Waals surface area (Å²) in [4.78, 5) is 39.1. The van der Waals surface area contributed by atoms with Gasteiger partial charge in [0.2, 0.25) is 5.60 Å². The molecule has 3 aromatic rings. The summed E-state index contributed by atoms with van der Waals surface area (Å²) < 4.78 is 42.0. The second-order valence-corrected chi connectivity index (χ2v) is 13.5. The van der Waals surface area contributed by atoms with E-state index in [9.17, 15) is 18.0 Å². The second-order valence-electron chi connectivity index (χ2n) is 11.8. The van der Waals surface area contributed by atoms with Gasteiger partial charge in [0.15, 0.2) is 5.03 Å². The number of amides is 2. The van der Waals surface area contributed by atoms with Crippen molar-refractivity contribution in [3.63, 3.8) is 0 Å². The molecule has 1 unspecified atom stereocenters. The van der Waals surface area contributed by atoms with Gasteiger partial charge in [0.1, 0.15) is 5.75 Å². The predicted octanol–water partition coefficient (Wildman–Crippen LogP) is 3.41. The first-order chi connectivity index (χ1) is 21.1. The van der Waals surface area contributed by atoms with Gasteiger partial charge >= 0.3 is 6.09 Å². The van der Waals surface area contributed by atoms with Gasteiger partial charge in [-0.25, -0.2) is 9.78 Å². The van der Waals surface area contributed by atoms with Gasteiger partial charge in [-0.05, 0) is 63.7 Å². The van der Waals surface area contributed by atoms with E-state index >= 15 is 0 Å². The van der Waals surface area contributed by atoms with Crippen LogP contribution in [0.5, 0.6) is 5.75 Å². The molecule has 15 heteroatoms. The number of likely N-dealkylation sites (tertiary alicyclic amines) is 1. The highest BCUT2D eigenvalue weighted by atomic mass is 35.5. The van der Waals surface area contributed by atoms with E-state index in [-0.39, 0.29) is 41.1 Å². The van der Waals surface area contributed by atoms with E-state index in [1.807, 2.05) is 6.07 Å². The Labute approximate surface area is 282 Å². The Bertz CT molecular complexity index is 1690. The average Bonchev–Trinajstić information content (AvgIpc) is 3.57. The fourth-order valence-electron chi connectivity index (χ4n) is 6.53. The van der Waals surface area contributed by atoms with Crippen molar-refractivity contribution >= 4 is 52.5 Å². The molecule has 0 saturated carbocycles. The number of nitrogens with zero attached hydrogens (tertiary/aromatic N) is 6. The summed E-state index contributed by atoms with van der Waals surface area (Å²) in [6.07, 6.45) is 4.17. The lowest BCUT2D eigenvalue weighted by molar-refractivity contribution is -0.132. The third-order valence-electron chi connectivity index (χ3n) is 9.01. The summed E-state index contributed by atoms with van der Waals surface area (Å²) in [7, 11) is 0.774. The third kappa shape index (κ3) is 6.06. The van der Waals surface area contributed by atoms with Crippen molar-refractivity contribution in [2.45, 2.75) is 36.4 Å². The number of hydrogen-bond donors (Lipinski definition) is 0. The Kier molecular flexibility index (Phi) is 10.6. The van der Waals surface area contributed by atoms with Gasteiger partial charge in [0.05, 0.1) is 19.1 Å². The van der Waals surface area contributed by atoms with Crippen LogP contribution in [0.3, 0.4) is 0 Å². The standard InChI is InChI=1S/C31H38N6O6S.2ClH/c1-22-7-5-6-8-25(22)31(43-30(39)36-17-15-35(16-18-36)23-11-13-33(2)14-12-23)26-19-24(42-4)9-10-27(26)37(29(31)38)44(40,41)28-20-34(3)21-32-28;;/h5-10,19-21,23H,11-18H2,1-4H3;2*1H. The number of sulfonamides is 1. The van der Waals surface area contributed by atoms with Crippen molar-refractivity contribution < 1.29 is 27.5 Å². The molecule has 3 aliphatic rings. The minimum Gasteiger partial charge on any atom is -0.497 e. The van der Waals surface area contributed by atoms with E-state index in [0.29, 0.717) is 53.4 Å². The first kappa shape index (κ1) is 35.5. The van der Waals surface area contributed by atoms with Gasteiger partial charge in [0, 0.05) is 56.6 Å². The highest BCUT2D eigenvalue weighted by Gasteiger charge is 2.60. The number of carbonyl (C=O) groups excluding carboxylic acids is 2. The Morgan fingerprint density at radius 3 is 2.24 bits per heavy atom. The number of anilines is 1. The quantitative estimate of drug-likeness (QED) is 0.383. The lowest BCUT2D eigenvalue weighted by atomic mass is 9.84. The largest absolute Gasteiger partial charge is 0.497 e. The molecule has 1 atom stereocenters. The molecular weight excluding hydrogens is 655 g/mol. The van der Waals surface area contributed by atoms with Crippen LogP contribution in [0.2, 0.25) is 0 Å². The molecular formula is C31H40Cl2N6O6S. The van der Waals surface area contributed by atoms with Crippen molar-refractivity contribution in [2.24, 2.45) is 7.05 Å². The maximum Gasteiger partial charge on any atom is 0.411 e. The number of hydrogen-bond acceptors (Lipinski definition) is 9. The highest BCUT2D eigenvalue weighted by molar-refractivity contribution is 7.93. The van der Waals surface area contributed by atoms with Crippen LogP contribution in [-0.4, -0.2) is 104 Å². The van der Waals surface area contributed by atoms with E-state index in [0.717, 1.165) is 25.9 Å². The van der Waals surface area contributed by atoms with Gasteiger partial charge < -0.3 is 23.8 Å². The Balaban J connectivity index is 0.00000240. The molecule has 12 nitrogen and oxygen atoms in total. The number of halogens is 2. The lowest BCUT2D eigenvalue weighted by Crippen LogP contribution is -2.55. The van der Waals surface area contributed by atoms with Crippen LogP contribution in [0.25, 0.3) is 0 Å². The fraction of sp³-hybridized carbons (Fsp3) is 0.452. The van der Waals surface area contributed by atoms with Gasteiger partial charge in [-0.2, -0.15) is 12.7 Å². The topological polar surface area (TPSA) is 118 Å². The monoisotopic (exact) mass is 694 g/mol. The molecule has 2 saturated heterocycles. The predicted molar refractivity (Wildman–Crippen MR) is 177 cm³/mol. The maximum absolute atomic E-state index is 14.7. The second kappa shape index (κ2) is 13.8. The first-order valence-corrected chi connectivity index (χ1v) is 16.2. The van der Waals surface area contributed by atoms with Crippen molar-refractivity contribution in [1.29, 1.82) is 0 Å². The lowest BCUT2D eigenvalue weighted by Gasteiger charge is -2.42. The molecule has 1 aromatic heterocycles. The van der Waals surface area contributed by atoms with E-state index in [1.54, 1.807) is 49.2 Å². The minimum atomic E-state index is -4.48. The smallest absolute Gasteiger partial charge is 0.411 e. The van der Waals surface area contributed by atoms with Crippen LogP contribution in [0, 0.1) is 6.92 Å². The Morgan fingerprint density at radius 1 is 0.957 bits per heavy atom. The van der Waals surface area contributed by atoms with E-state index in [1.165, 1.54) is 30.3 Å². The molecule has 4 heterocycles. The number of imidazole rings is 1. The number of carbonyl (C=O) groups is 2. The van der Waals surface area contributed by atoms with Crippen LogP contribution in [0.15, 0.2) is 60.0 Å². The molecule has 0 bridgehead atoms. The molecule has 0 radical (unpaired) electrons. The molecule has 46 heavy (non-hydrogen) atoms. The first-order valence-electron chi connectivity index (χ1n) is 14.8. The van der Waals surface area contributed by atoms with Crippen molar-refractivity contribution in [1.82, 2.24) is 24.3 Å². The van der Waals surface area contributed by atoms with Gasteiger partial charge in [-0.15, -0.1) is 24.8 Å². The molecule has 2 amide bonds. The summed E-state index contributed by atoms with van der Waals surface area (Å²) in [5.41, 5.74) is -0.777. The number of ether oxygens (including phenoxy) is 2. The molecule has 3 aliphatic heterocycles. The summed E-state index contributed by atoms with van der Waals surface area (Å²) >= 11 is 0. The van der Waals surface area contributed by atoms with Crippen LogP contribution >= 0.6 is 24.8 Å². The number of piperidine rings is 1. The van der Waals surface area contributed by atoms with Gasteiger partial charge in [-0.3, -0.25) is 9.69 Å². The normalized spacial score (nSPS) is 20.9. The maximum atomic E-state index is 14.7. The van der Waals surface area contributed by atoms with Crippen molar-refractivity contribution in [3.05, 3.63) is 71.7 Å². The summed E-state index contributed by atoms with van der Waals surface area (Å²) in [6, 6.07) is 12.2. The van der Waals surface area contributed by atoms with Crippen molar-refractivity contribution in [2.75, 3.05) is 57.7 Å². The average molecular weight is 696 g/mol. The van der Waals surface area contributed by atoms with E-state index in [2.05, 4.69) is 21.8 Å². The fourth-order valence-corrected chi connectivity index (χ4v) is 7.96. The number of piperazine rings is 1. The zero-order chi connectivity index (χ0) is 31.2. The SMILES string of the molecule is COc1ccc2c(c1)C(OC(=O)N1CCN(C3CCN(C)CC3)CC1)(c1ccccc1C)C(=O)N2S(=O)(=O)c1cn(C)cn1.Cl.Cl.